The van der Waals surface area contributed by atoms with Gasteiger partial charge >= 0.3 is 0 Å². The van der Waals surface area contributed by atoms with Gasteiger partial charge < -0.3 is 4.90 Å². The van der Waals surface area contributed by atoms with Crippen LogP contribution in [0.4, 0.5) is 17.1 Å². The van der Waals surface area contributed by atoms with Crippen molar-refractivity contribution in [2.45, 2.75) is 0 Å². The molecule has 0 aliphatic rings. The van der Waals surface area contributed by atoms with Crippen LogP contribution in [0.25, 0.3) is 55.6 Å². The summed E-state index contributed by atoms with van der Waals surface area (Å²) >= 11 is 3.80. The molecule has 0 radical (unpaired) electrons. The van der Waals surface area contributed by atoms with E-state index in [4.69, 9.17) is 0 Å². The summed E-state index contributed by atoms with van der Waals surface area (Å²) in [5.41, 5.74) is 15.2. The predicted molar refractivity (Wildman–Crippen MR) is 216 cm³/mol. The molecule has 8 aromatic rings. The first-order valence-electron chi connectivity index (χ1n) is 16.9. The number of hydrogen-bond donors (Lipinski definition) is 0. The van der Waals surface area contributed by atoms with Gasteiger partial charge in [-0.15, -0.1) is 0 Å². The quantitative estimate of drug-likeness (QED) is 0.152. The highest BCUT2D eigenvalue weighted by atomic mass is 79.9. The topological polar surface area (TPSA) is 3.24 Å². The van der Waals surface area contributed by atoms with Gasteiger partial charge in [0.25, 0.3) is 0 Å². The van der Waals surface area contributed by atoms with Crippen molar-refractivity contribution < 1.29 is 0 Å². The second-order valence-electron chi connectivity index (χ2n) is 12.3. The highest BCUT2D eigenvalue weighted by molar-refractivity contribution is 9.10. The van der Waals surface area contributed by atoms with Crippen molar-refractivity contribution >= 4 is 33.0 Å². The van der Waals surface area contributed by atoms with E-state index in [-0.39, 0.29) is 0 Å². The molecule has 0 atom stereocenters. The van der Waals surface area contributed by atoms with Crippen molar-refractivity contribution in [2.75, 3.05) is 4.90 Å². The van der Waals surface area contributed by atoms with Crippen LogP contribution in [0.2, 0.25) is 0 Å². The van der Waals surface area contributed by atoms with Crippen LogP contribution in [-0.2, 0) is 0 Å². The van der Waals surface area contributed by atoms with Crippen molar-refractivity contribution in [1.82, 2.24) is 0 Å². The molecule has 2 heteroatoms. The molecule has 0 amide bonds. The summed E-state index contributed by atoms with van der Waals surface area (Å²) in [6.07, 6.45) is 0. The van der Waals surface area contributed by atoms with Crippen LogP contribution in [0.15, 0.2) is 211 Å². The van der Waals surface area contributed by atoms with Crippen molar-refractivity contribution in [3.63, 3.8) is 0 Å². The van der Waals surface area contributed by atoms with E-state index in [1.54, 1.807) is 0 Å². The molecule has 50 heavy (non-hydrogen) atoms. The van der Waals surface area contributed by atoms with Gasteiger partial charge in [0.05, 0.1) is 0 Å². The number of benzene rings is 8. The summed E-state index contributed by atoms with van der Waals surface area (Å²) in [6.45, 7) is 0. The average Bonchev–Trinajstić information content (AvgIpc) is 3.20. The van der Waals surface area contributed by atoms with Crippen LogP contribution in [0.3, 0.4) is 0 Å². The van der Waals surface area contributed by atoms with E-state index in [0.29, 0.717) is 0 Å². The first-order valence-corrected chi connectivity index (χ1v) is 17.7. The Bertz CT molecular complexity index is 2280. The molecule has 0 spiro atoms. The zero-order valence-electron chi connectivity index (χ0n) is 27.5. The van der Waals surface area contributed by atoms with Crippen molar-refractivity contribution in [3.8, 4) is 55.6 Å². The maximum atomic E-state index is 3.80. The standard InChI is InChI=1S/C48H34BrN/c49-48-25-12-11-24-47(48)46-23-10-9-22-45(46)44-21-8-7-20-43(44)39-18-13-19-42(34-39)50(40-30-26-37(27-31-40)35-14-3-1-4-15-35)41-32-28-38(29-33-41)36-16-5-2-6-17-36/h1-34H. The fourth-order valence-electron chi connectivity index (χ4n) is 6.73. The highest BCUT2D eigenvalue weighted by Crippen LogP contribution is 2.42. The predicted octanol–water partition coefficient (Wildman–Crippen LogP) is 14.3. The van der Waals surface area contributed by atoms with E-state index >= 15 is 0 Å². The Balaban J connectivity index is 1.23. The van der Waals surface area contributed by atoms with Crippen LogP contribution in [0, 0.1) is 0 Å². The second kappa shape index (κ2) is 14.3. The van der Waals surface area contributed by atoms with Gasteiger partial charge in [-0.1, -0.05) is 180 Å². The van der Waals surface area contributed by atoms with Gasteiger partial charge in [-0.2, -0.15) is 0 Å². The number of anilines is 3. The molecule has 0 aromatic heterocycles. The minimum Gasteiger partial charge on any atom is -0.310 e. The first-order chi connectivity index (χ1) is 24.7. The van der Waals surface area contributed by atoms with Gasteiger partial charge in [-0.25, -0.2) is 0 Å². The number of halogens is 1. The molecule has 0 unspecified atom stereocenters. The molecule has 8 rings (SSSR count). The van der Waals surface area contributed by atoms with Crippen LogP contribution in [-0.4, -0.2) is 0 Å². The highest BCUT2D eigenvalue weighted by Gasteiger charge is 2.17. The molecule has 238 valence electrons. The Hall–Kier alpha value is -5.96. The third kappa shape index (κ3) is 6.42. The van der Waals surface area contributed by atoms with E-state index in [1.807, 2.05) is 0 Å². The molecule has 0 N–H and O–H groups in total. The van der Waals surface area contributed by atoms with Crippen LogP contribution >= 0.6 is 15.9 Å². The second-order valence-corrected chi connectivity index (χ2v) is 13.1. The van der Waals surface area contributed by atoms with Crippen molar-refractivity contribution in [3.05, 3.63) is 211 Å². The molecular formula is C48H34BrN. The minimum atomic E-state index is 1.08. The van der Waals surface area contributed by atoms with E-state index in [9.17, 15) is 0 Å². The largest absolute Gasteiger partial charge is 0.310 e. The number of rotatable bonds is 8. The molecule has 0 bridgehead atoms. The van der Waals surface area contributed by atoms with Gasteiger partial charge in [0.15, 0.2) is 0 Å². The molecule has 1 nitrogen and oxygen atoms in total. The maximum absolute atomic E-state index is 3.80. The Morgan fingerprint density at radius 3 is 1.16 bits per heavy atom. The van der Waals surface area contributed by atoms with E-state index in [2.05, 4.69) is 227 Å². The number of nitrogens with zero attached hydrogens (tertiary/aromatic N) is 1. The SMILES string of the molecule is Brc1ccccc1-c1ccccc1-c1ccccc1-c1cccc(N(c2ccc(-c3ccccc3)cc2)c2ccc(-c3ccccc3)cc2)c1. The van der Waals surface area contributed by atoms with Gasteiger partial charge in [-0.05, 0) is 98.1 Å². The van der Waals surface area contributed by atoms with Gasteiger partial charge in [0.1, 0.15) is 0 Å². The molecule has 0 aliphatic heterocycles. The third-order valence-electron chi connectivity index (χ3n) is 9.19. The summed E-state index contributed by atoms with van der Waals surface area (Å²) in [6, 6.07) is 73.6. The molecule has 0 fully saturated rings. The zero-order chi connectivity index (χ0) is 33.7. The normalized spacial score (nSPS) is 10.9. The van der Waals surface area contributed by atoms with Crippen molar-refractivity contribution in [1.29, 1.82) is 0 Å². The fourth-order valence-corrected chi connectivity index (χ4v) is 7.23. The van der Waals surface area contributed by atoms with Gasteiger partial charge in [-0.3, -0.25) is 0 Å². The lowest BCUT2D eigenvalue weighted by molar-refractivity contribution is 1.28. The Morgan fingerprint density at radius 1 is 0.260 bits per heavy atom. The lowest BCUT2D eigenvalue weighted by atomic mass is 9.89. The third-order valence-corrected chi connectivity index (χ3v) is 9.88. The average molecular weight is 705 g/mol. The molecular weight excluding hydrogens is 670 g/mol. The molecule has 0 heterocycles. The minimum absolute atomic E-state index is 1.08. The fraction of sp³-hybridized carbons (Fsp3) is 0. The zero-order valence-corrected chi connectivity index (χ0v) is 29.0. The monoisotopic (exact) mass is 703 g/mol. The molecule has 0 aliphatic carbocycles. The summed E-state index contributed by atoms with van der Waals surface area (Å²) in [7, 11) is 0. The Morgan fingerprint density at radius 2 is 0.640 bits per heavy atom. The van der Waals surface area contributed by atoms with Crippen LogP contribution in [0.1, 0.15) is 0 Å². The summed E-state index contributed by atoms with van der Waals surface area (Å²) in [4.78, 5) is 2.35. The lowest BCUT2D eigenvalue weighted by Crippen LogP contribution is -2.10. The van der Waals surface area contributed by atoms with E-state index in [1.165, 1.54) is 50.1 Å². The maximum Gasteiger partial charge on any atom is 0.0467 e. The smallest absolute Gasteiger partial charge is 0.0467 e. The summed E-state index contributed by atoms with van der Waals surface area (Å²) in [5, 5.41) is 0. The van der Waals surface area contributed by atoms with Gasteiger partial charge in [0, 0.05) is 21.5 Å². The summed E-state index contributed by atoms with van der Waals surface area (Å²) in [5.74, 6) is 0. The first kappa shape index (κ1) is 31.3. The molecule has 0 saturated heterocycles. The Kier molecular flexibility index (Phi) is 8.93. The van der Waals surface area contributed by atoms with Gasteiger partial charge in [0.2, 0.25) is 0 Å². The van der Waals surface area contributed by atoms with Crippen LogP contribution in [0.5, 0.6) is 0 Å². The lowest BCUT2D eigenvalue weighted by Gasteiger charge is -2.27. The molecule has 8 aromatic carbocycles. The van der Waals surface area contributed by atoms with E-state index in [0.717, 1.165) is 27.1 Å². The summed E-state index contributed by atoms with van der Waals surface area (Å²) < 4.78 is 1.08. The van der Waals surface area contributed by atoms with Crippen molar-refractivity contribution in [2.24, 2.45) is 0 Å². The Labute approximate surface area is 302 Å². The van der Waals surface area contributed by atoms with E-state index < -0.39 is 0 Å². The molecule has 0 saturated carbocycles. The van der Waals surface area contributed by atoms with Crippen LogP contribution < -0.4 is 4.90 Å². The number of hydrogen-bond acceptors (Lipinski definition) is 1.